The van der Waals surface area contributed by atoms with E-state index in [0.717, 1.165) is 57.4 Å². The standard InChI is InChI=1S/C25H26N4O2S.C19H16N4O2S.C6H7BO2/c26-17-20-23(27-12-14-28(15-13-27)25(31)22-11-6-16-32-22)19-9-4-5-10-21(19)29(24(20)30)18-7-2-1-3-8-18;20-12-14-17(13-4-1-2-5-15(13)21-18(14)24)22-7-9-23(10-8-22)19(25)16-6-3-11-26-16;8-7(9)6-4-2-1-3-5-6/h4-6,9-11,16,18H,1-3,7-8,12-15H2;1-6,11H,7-10H2,(H,21,24);1-5,8-9H. The third-order valence-corrected chi connectivity index (χ3v) is 14.2. The highest BCUT2D eigenvalue weighted by atomic mass is 32.1. The molecule has 67 heavy (non-hydrogen) atoms. The molecule has 4 aromatic heterocycles. The first-order valence-electron chi connectivity index (χ1n) is 22.4. The lowest BCUT2D eigenvalue weighted by Crippen LogP contribution is -2.49. The zero-order chi connectivity index (χ0) is 46.9. The van der Waals surface area contributed by atoms with Crippen molar-refractivity contribution in [2.45, 2.75) is 38.1 Å². The van der Waals surface area contributed by atoms with Crippen molar-refractivity contribution in [3.63, 3.8) is 0 Å². The Labute approximate surface area is 395 Å². The number of rotatable bonds is 6. The van der Waals surface area contributed by atoms with Crippen LogP contribution in [0.25, 0.3) is 21.8 Å². The van der Waals surface area contributed by atoms with Crippen LogP contribution in [0.15, 0.2) is 123 Å². The Kier molecular flexibility index (Phi) is 14.9. The van der Waals surface area contributed by atoms with Crippen LogP contribution in [0.4, 0.5) is 11.4 Å². The molecule has 1 saturated carbocycles. The minimum Gasteiger partial charge on any atom is -0.423 e. The monoisotopic (exact) mass is 932 g/mol. The Morgan fingerprint density at radius 3 is 1.63 bits per heavy atom. The van der Waals surface area contributed by atoms with E-state index in [1.54, 1.807) is 24.3 Å². The lowest BCUT2D eigenvalue weighted by atomic mass is 9.81. The lowest BCUT2D eigenvalue weighted by molar-refractivity contribution is 0.0744. The Hall–Kier alpha value is -7.02. The Balaban J connectivity index is 0.000000155. The molecule has 2 saturated heterocycles. The number of carbonyl (C=O) groups excluding carboxylic acids is 2. The van der Waals surface area contributed by atoms with Crippen LogP contribution < -0.4 is 26.4 Å². The number of fused-ring (bicyclic) bond motifs is 2. The van der Waals surface area contributed by atoms with Gasteiger partial charge in [-0.3, -0.25) is 19.2 Å². The zero-order valence-corrected chi connectivity index (χ0v) is 38.4. The molecule has 0 bridgehead atoms. The van der Waals surface area contributed by atoms with Crippen LogP contribution in [-0.4, -0.2) is 101 Å². The molecule has 3 fully saturated rings. The topological polar surface area (TPSA) is 190 Å². The third-order valence-electron chi connectivity index (χ3n) is 12.5. The van der Waals surface area contributed by atoms with Gasteiger partial charge in [-0.2, -0.15) is 10.5 Å². The maximum absolute atomic E-state index is 13.6. The first-order valence-corrected chi connectivity index (χ1v) is 24.1. The van der Waals surface area contributed by atoms with Gasteiger partial charge in [-0.1, -0.05) is 98.1 Å². The highest BCUT2D eigenvalue weighted by Gasteiger charge is 2.30. The maximum Gasteiger partial charge on any atom is 0.488 e. The van der Waals surface area contributed by atoms with E-state index in [9.17, 15) is 29.7 Å². The van der Waals surface area contributed by atoms with E-state index in [4.69, 9.17) is 10.0 Å². The number of anilines is 2. The number of amides is 2. The number of nitriles is 2. The van der Waals surface area contributed by atoms with Gasteiger partial charge in [0.2, 0.25) is 0 Å². The molecule has 0 radical (unpaired) electrons. The van der Waals surface area contributed by atoms with Crippen molar-refractivity contribution in [1.82, 2.24) is 19.4 Å². The fraction of sp³-hybridized carbons (Fsp3) is 0.280. The number of nitrogens with zero attached hydrogens (tertiary/aromatic N) is 7. The van der Waals surface area contributed by atoms with E-state index in [0.29, 0.717) is 69.0 Å². The number of piperazine rings is 2. The summed E-state index contributed by atoms with van der Waals surface area (Å²) >= 11 is 2.89. The first-order chi connectivity index (χ1) is 32.7. The predicted molar refractivity (Wildman–Crippen MR) is 265 cm³/mol. The molecule has 3 aromatic carbocycles. The van der Waals surface area contributed by atoms with Gasteiger partial charge in [0, 0.05) is 69.2 Å². The van der Waals surface area contributed by atoms with Crippen molar-refractivity contribution in [3.8, 4) is 12.1 Å². The van der Waals surface area contributed by atoms with Gasteiger partial charge in [-0.05, 0) is 53.3 Å². The van der Waals surface area contributed by atoms with Crippen LogP contribution in [0.3, 0.4) is 0 Å². The van der Waals surface area contributed by atoms with Crippen molar-refractivity contribution in [2.75, 3.05) is 62.2 Å². The smallest absolute Gasteiger partial charge is 0.423 e. The summed E-state index contributed by atoms with van der Waals surface area (Å²) in [7, 11) is -1.34. The van der Waals surface area contributed by atoms with E-state index >= 15 is 0 Å². The van der Waals surface area contributed by atoms with Gasteiger partial charge >= 0.3 is 7.12 Å². The molecular weight excluding hydrogens is 884 g/mol. The summed E-state index contributed by atoms with van der Waals surface area (Å²) < 4.78 is 1.88. The van der Waals surface area contributed by atoms with E-state index in [1.165, 1.54) is 29.1 Å². The zero-order valence-electron chi connectivity index (χ0n) is 36.8. The number of carbonyl (C=O) groups is 2. The van der Waals surface area contributed by atoms with E-state index in [-0.39, 0.29) is 40.1 Å². The largest absolute Gasteiger partial charge is 0.488 e. The molecule has 340 valence electrons. The Morgan fingerprint density at radius 1 is 0.612 bits per heavy atom. The number of hydrogen-bond donors (Lipinski definition) is 3. The van der Waals surface area contributed by atoms with E-state index < -0.39 is 7.12 Å². The van der Waals surface area contributed by atoms with Crippen LogP contribution in [0.1, 0.15) is 68.6 Å². The molecule has 17 heteroatoms. The summed E-state index contributed by atoms with van der Waals surface area (Å²) in [4.78, 5) is 63.2. The average molecular weight is 933 g/mol. The molecule has 3 N–H and O–H groups in total. The molecular formula is C50H49BN8O6S2. The van der Waals surface area contributed by atoms with Gasteiger partial charge in [-0.15, -0.1) is 22.7 Å². The second kappa shape index (κ2) is 21.5. The molecule has 0 unspecified atom stereocenters. The number of aromatic nitrogens is 2. The number of aromatic amines is 1. The van der Waals surface area contributed by atoms with Crippen molar-refractivity contribution < 1.29 is 19.6 Å². The number of H-pyrrole nitrogens is 1. The van der Waals surface area contributed by atoms with Crippen LogP contribution >= 0.6 is 22.7 Å². The molecule has 7 aromatic rings. The van der Waals surface area contributed by atoms with Crippen molar-refractivity contribution in [3.05, 3.63) is 155 Å². The molecule has 14 nitrogen and oxygen atoms in total. The van der Waals surface area contributed by atoms with Gasteiger partial charge in [0.15, 0.2) is 0 Å². The fourth-order valence-corrected chi connectivity index (χ4v) is 10.5. The van der Waals surface area contributed by atoms with E-state index in [2.05, 4.69) is 16.0 Å². The average Bonchev–Trinajstić information content (AvgIpc) is 4.13. The summed E-state index contributed by atoms with van der Waals surface area (Å²) in [6, 6.07) is 36.0. The molecule has 2 amide bonds. The van der Waals surface area contributed by atoms with E-state index in [1.807, 2.05) is 115 Å². The van der Waals surface area contributed by atoms with Crippen molar-refractivity contribution in [1.29, 1.82) is 10.5 Å². The molecule has 2 aliphatic heterocycles. The number of nitrogens with one attached hydrogen (secondary N) is 1. The lowest BCUT2D eigenvalue weighted by Gasteiger charge is -2.37. The minimum absolute atomic E-state index is 0.0379. The quantitative estimate of drug-likeness (QED) is 0.162. The van der Waals surface area contributed by atoms with Crippen molar-refractivity contribution in [2.24, 2.45) is 0 Å². The number of pyridine rings is 2. The van der Waals surface area contributed by atoms with Crippen LogP contribution in [0, 0.1) is 22.7 Å². The maximum atomic E-state index is 13.6. The van der Waals surface area contributed by atoms with Gasteiger partial charge < -0.3 is 39.2 Å². The second-order valence-electron chi connectivity index (χ2n) is 16.5. The normalized spacial score (nSPS) is 15.2. The van der Waals surface area contributed by atoms with Crippen LogP contribution in [0.5, 0.6) is 0 Å². The molecule has 3 aliphatic rings. The van der Waals surface area contributed by atoms with Gasteiger partial charge in [0.1, 0.15) is 23.3 Å². The number of thiophene rings is 2. The van der Waals surface area contributed by atoms with Crippen LogP contribution in [-0.2, 0) is 0 Å². The minimum atomic E-state index is -1.34. The molecule has 0 atom stereocenters. The van der Waals surface area contributed by atoms with Gasteiger partial charge in [-0.25, -0.2) is 0 Å². The molecule has 0 spiro atoms. The highest BCUT2D eigenvalue weighted by molar-refractivity contribution is 7.12. The number of para-hydroxylation sites is 2. The van der Waals surface area contributed by atoms with Gasteiger partial charge in [0.05, 0.1) is 32.2 Å². The summed E-state index contributed by atoms with van der Waals surface area (Å²) in [6.07, 6.45) is 5.42. The summed E-state index contributed by atoms with van der Waals surface area (Å²) in [6.45, 7) is 4.62. The molecule has 1 aliphatic carbocycles. The first kappa shape index (κ1) is 46.5. The third kappa shape index (κ3) is 10.2. The van der Waals surface area contributed by atoms with Gasteiger partial charge in [0.25, 0.3) is 22.9 Å². The summed E-state index contributed by atoms with van der Waals surface area (Å²) in [5, 5.41) is 42.3. The van der Waals surface area contributed by atoms with Crippen LogP contribution in [0.2, 0.25) is 0 Å². The SMILES string of the molecule is N#Cc1c(N2CCN(C(=O)c3cccs3)CC2)c2ccccc2[nH]c1=O.N#Cc1c(N2CCN(C(=O)c3cccs3)CC2)c2ccccc2n(C2CCCCC2)c1=O.OB(O)c1ccccc1. The predicted octanol–water partition coefficient (Wildman–Crippen LogP) is 6.19. The Morgan fingerprint density at radius 2 is 1.12 bits per heavy atom. The summed E-state index contributed by atoms with van der Waals surface area (Å²) in [5.41, 5.74) is 3.34. The number of benzene rings is 3. The number of hydrogen-bond acceptors (Lipinski definition) is 12. The summed E-state index contributed by atoms with van der Waals surface area (Å²) in [5.74, 6) is 0.0913. The molecule has 6 heterocycles. The second-order valence-corrected chi connectivity index (χ2v) is 18.3. The fourth-order valence-electron chi connectivity index (χ4n) is 9.14. The molecule has 10 rings (SSSR count). The Bertz CT molecular complexity index is 3030. The van der Waals surface area contributed by atoms with Crippen molar-refractivity contribution >= 4 is 80.2 Å². The highest BCUT2D eigenvalue weighted by Crippen LogP contribution is 2.35.